The highest BCUT2D eigenvalue weighted by atomic mass is 35.5. The second-order valence-electron chi connectivity index (χ2n) is 7.88. The summed E-state index contributed by atoms with van der Waals surface area (Å²) < 4.78 is 9.05. The molecule has 7 nitrogen and oxygen atoms in total. The van der Waals surface area contributed by atoms with Crippen LogP contribution in [0.15, 0.2) is 33.6 Å². The maximum atomic E-state index is 13.1. The lowest BCUT2D eigenvalue weighted by Crippen LogP contribution is -2.29. The molecule has 1 aliphatic carbocycles. The Labute approximate surface area is 179 Å². The number of hydrogen-bond acceptors (Lipinski definition) is 4. The van der Waals surface area contributed by atoms with E-state index in [0.29, 0.717) is 22.0 Å². The number of carbonyl (C=O) groups excluding carboxylic acids is 1. The average Bonchev–Trinajstić information content (AvgIpc) is 3.22. The van der Waals surface area contributed by atoms with Gasteiger partial charge in [0.2, 0.25) is 0 Å². The van der Waals surface area contributed by atoms with Gasteiger partial charge in [-0.3, -0.25) is 14.3 Å². The molecule has 1 saturated carbocycles. The van der Waals surface area contributed by atoms with E-state index in [4.69, 9.17) is 16.1 Å². The highest BCUT2D eigenvalue weighted by molar-refractivity contribution is 6.30. The van der Waals surface area contributed by atoms with Gasteiger partial charge in [0.1, 0.15) is 5.69 Å². The molecular weight excluding hydrogens is 404 g/mol. The molecule has 8 heteroatoms. The second kappa shape index (κ2) is 8.14. The van der Waals surface area contributed by atoms with E-state index in [9.17, 15) is 9.59 Å². The van der Waals surface area contributed by atoms with Crippen LogP contribution in [-0.2, 0) is 7.05 Å². The SMILES string of the molecule is Cc1c(C(=O)Nc2c(C)n(C)n(C3CCCCC3)c2=O)noc1-c1cccc(Cl)c1. The first kappa shape index (κ1) is 20.5. The van der Waals surface area contributed by atoms with E-state index in [0.717, 1.165) is 36.9 Å². The summed E-state index contributed by atoms with van der Waals surface area (Å²) in [5.41, 5.74) is 2.32. The summed E-state index contributed by atoms with van der Waals surface area (Å²) in [5.74, 6) is 0.0122. The van der Waals surface area contributed by atoms with E-state index in [1.807, 2.05) is 24.7 Å². The molecule has 1 aromatic carbocycles. The summed E-state index contributed by atoms with van der Waals surface area (Å²) in [6.07, 6.45) is 5.41. The van der Waals surface area contributed by atoms with Crippen molar-refractivity contribution in [1.82, 2.24) is 14.5 Å². The number of halogens is 1. The second-order valence-corrected chi connectivity index (χ2v) is 8.31. The lowest BCUT2D eigenvalue weighted by atomic mass is 9.96. The number of aromatic nitrogens is 3. The third-order valence-electron chi connectivity index (χ3n) is 5.98. The molecular formula is C22H25ClN4O3. The number of anilines is 1. The summed E-state index contributed by atoms with van der Waals surface area (Å²) in [5, 5.41) is 7.29. The summed E-state index contributed by atoms with van der Waals surface area (Å²) in [6.45, 7) is 3.60. The van der Waals surface area contributed by atoms with Crippen LogP contribution in [0.5, 0.6) is 0 Å². The van der Waals surface area contributed by atoms with Crippen molar-refractivity contribution in [2.45, 2.75) is 52.0 Å². The third kappa shape index (κ3) is 3.58. The van der Waals surface area contributed by atoms with Crippen molar-refractivity contribution in [2.24, 2.45) is 7.05 Å². The molecule has 0 unspecified atom stereocenters. The zero-order valence-corrected chi connectivity index (χ0v) is 18.1. The molecule has 1 amide bonds. The predicted octanol–water partition coefficient (Wildman–Crippen LogP) is 4.87. The highest BCUT2D eigenvalue weighted by Gasteiger charge is 2.26. The Morgan fingerprint density at radius 2 is 1.97 bits per heavy atom. The Bertz CT molecular complexity index is 1150. The molecule has 0 atom stereocenters. The minimum atomic E-state index is -0.467. The third-order valence-corrected chi connectivity index (χ3v) is 6.21. The average molecular weight is 429 g/mol. The summed E-state index contributed by atoms with van der Waals surface area (Å²) in [4.78, 5) is 26.0. The molecule has 0 bridgehead atoms. The van der Waals surface area contributed by atoms with Crippen LogP contribution in [0.1, 0.15) is 59.9 Å². The standard InChI is InChI=1S/C22H25ClN4O3/c1-13-18(25-30-20(13)15-8-7-9-16(23)12-15)21(28)24-19-14(2)26(3)27(22(19)29)17-10-5-4-6-11-17/h7-9,12,17H,4-6,10-11H2,1-3H3,(H,24,28). The van der Waals surface area contributed by atoms with Crippen molar-refractivity contribution in [3.8, 4) is 11.3 Å². The minimum absolute atomic E-state index is 0.150. The molecule has 0 saturated heterocycles. The smallest absolute Gasteiger partial charge is 0.291 e. The summed E-state index contributed by atoms with van der Waals surface area (Å²) in [6, 6.07) is 7.33. The van der Waals surface area contributed by atoms with E-state index in [1.165, 1.54) is 6.42 Å². The zero-order chi connectivity index (χ0) is 21.4. The van der Waals surface area contributed by atoms with Crippen LogP contribution in [0.2, 0.25) is 5.02 Å². The van der Waals surface area contributed by atoms with Crippen molar-refractivity contribution in [3.05, 3.63) is 56.6 Å². The topological polar surface area (TPSA) is 82.1 Å². The van der Waals surface area contributed by atoms with Gasteiger partial charge in [0.25, 0.3) is 11.5 Å². The maximum Gasteiger partial charge on any atom is 0.291 e. The number of nitrogens with one attached hydrogen (secondary N) is 1. The normalized spacial score (nSPS) is 14.8. The van der Waals surface area contributed by atoms with Crippen molar-refractivity contribution >= 4 is 23.2 Å². The number of nitrogens with zero attached hydrogens (tertiary/aromatic N) is 3. The highest BCUT2D eigenvalue weighted by Crippen LogP contribution is 2.30. The first-order valence-corrected chi connectivity index (χ1v) is 10.6. The molecule has 0 aliphatic heterocycles. The Morgan fingerprint density at radius 1 is 1.23 bits per heavy atom. The van der Waals surface area contributed by atoms with Gasteiger partial charge in [-0.2, -0.15) is 0 Å². The Morgan fingerprint density at radius 3 is 2.67 bits per heavy atom. The van der Waals surface area contributed by atoms with E-state index >= 15 is 0 Å². The fourth-order valence-corrected chi connectivity index (χ4v) is 4.42. The molecule has 0 spiro atoms. The zero-order valence-electron chi connectivity index (χ0n) is 17.4. The van der Waals surface area contributed by atoms with Crippen LogP contribution < -0.4 is 10.9 Å². The van der Waals surface area contributed by atoms with Gasteiger partial charge < -0.3 is 9.84 Å². The van der Waals surface area contributed by atoms with Gasteiger partial charge in [-0.15, -0.1) is 0 Å². The van der Waals surface area contributed by atoms with Crippen LogP contribution >= 0.6 is 11.6 Å². The largest absolute Gasteiger partial charge is 0.355 e. The maximum absolute atomic E-state index is 13.1. The minimum Gasteiger partial charge on any atom is -0.355 e. The summed E-state index contributed by atoms with van der Waals surface area (Å²) in [7, 11) is 1.86. The lowest BCUT2D eigenvalue weighted by Gasteiger charge is -2.24. The van der Waals surface area contributed by atoms with Gasteiger partial charge in [-0.25, -0.2) is 4.68 Å². The van der Waals surface area contributed by atoms with Gasteiger partial charge in [-0.05, 0) is 38.8 Å². The van der Waals surface area contributed by atoms with Gasteiger partial charge in [0.05, 0.1) is 11.7 Å². The molecule has 30 heavy (non-hydrogen) atoms. The van der Waals surface area contributed by atoms with E-state index < -0.39 is 5.91 Å². The number of rotatable bonds is 4. The first-order valence-electron chi connectivity index (χ1n) is 10.2. The molecule has 0 radical (unpaired) electrons. The van der Waals surface area contributed by atoms with Crippen LogP contribution in [0, 0.1) is 13.8 Å². The first-order chi connectivity index (χ1) is 14.4. The molecule has 1 fully saturated rings. The fourth-order valence-electron chi connectivity index (χ4n) is 4.23. The molecule has 158 valence electrons. The predicted molar refractivity (Wildman–Crippen MR) is 116 cm³/mol. The van der Waals surface area contributed by atoms with Crippen LogP contribution in [0.4, 0.5) is 5.69 Å². The van der Waals surface area contributed by atoms with Gasteiger partial charge in [0.15, 0.2) is 11.5 Å². The quantitative estimate of drug-likeness (QED) is 0.642. The van der Waals surface area contributed by atoms with Crippen LogP contribution in [-0.4, -0.2) is 20.4 Å². The Kier molecular flexibility index (Phi) is 5.56. The molecule has 4 rings (SSSR count). The Balaban J connectivity index is 1.63. The number of carbonyl (C=O) groups is 1. The van der Waals surface area contributed by atoms with Crippen molar-refractivity contribution < 1.29 is 9.32 Å². The fraction of sp³-hybridized carbons (Fsp3) is 0.409. The van der Waals surface area contributed by atoms with E-state index in [2.05, 4.69) is 10.5 Å². The van der Waals surface area contributed by atoms with Crippen LogP contribution in [0.25, 0.3) is 11.3 Å². The van der Waals surface area contributed by atoms with Crippen LogP contribution in [0.3, 0.4) is 0 Å². The number of hydrogen-bond donors (Lipinski definition) is 1. The van der Waals surface area contributed by atoms with Crippen molar-refractivity contribution in [3.63, 3.8) is 0 Å². The van der Waals surface area contributed by atoms with Gasteiger partial charge >= 0.3 is 0 Å². The van der Waals surface area contributed by atoms with E-state index in [1.54, 1.807) is 29.8 Å². The van der Waals surface area contributed by atoms with Crippen molar-refractivity contribution in [2.75, 3.05) is 5.32 Å². The molecule has 3 aromatic rings. The van der Waals surface area contributed by atoms with E-state index in [-0.39, 0.29) is 17.3 Å². The Hall–Kier alpha value is -2.80. The summed E-state index contributed by atoms with van der Waals surface area (Å²) >= 11 is 6.06. The molecule has 1 N–H and O–H groups in total. The monoisotopic (exact) mass is 428 g/mol. The molecule has 2 heterocycles. The lowest BCUT2D eigenvalue weighted by molar-refractivity contribution is 0.101. The number of benzene rings is 1. The van der Waals surface area contributed by atoms with Gasteiger partial charge in [0, 0.05) is 23.2 Å². The van der Waals surface area contributed by atoms with Crippen molar-refractivity contribution in [1.29, 1.82) is 0 Å². The number of amides is 1. The van der Waals surface area contributed by atoms with Gasteiger partial charge in [-0.1, -0.05) is 48.2 Å². The molecule has 1 aliphatic rings. The molecule has 2 aromatic heterocycles.